The Morgan fingerprint density at radius 2 is 1.69 bits per heavy atom. The van der Waals surface area contributed by atoms with Crippen molar-refractivity contribution in [1.29, 1.82) is 0 Å². The Hall–Kier alpha value is -4.71. The lowest BCUT2D eigenvalue weighted by Crippen LogP contribution is -2.41. The average molecular weight is 592 g/mol. The number of carbonyl (C=O) groups is 3. The van der Waals surface area contributed by atoms with Gasteiger partial charge in [0, 0.05) is 5.56 Å². The summed E-state index contributed by atoms with van der Waals surface area (Å²) in [6.45, 7) is 5.06. The zero-order chi connectivity index (χ0) is 30.1. The van der Waals surface area contributed by atoms with E-state index in [4.69, 9.17) is 18.9 Å². The van der Waals surface area contributed by atoms with Crippen LogP contribution in [-0.4, -0.2) is 56.4 Å². The molecule has 0 saturated carbocycles. The van der Waals surface area contributed by atoms with Crippen molar-refractivity contribution in [2.45, 2.75) is 26.8 Å². The molecule has 2 aliphatic rings. The number of amides is 1. The molecule has 0 fully saturated rings. The summed E-state index contributed by atoms with van der Waals surface area (Å²) in [5.41, 5.74) is 1.79. The van der Waals surface area contributed by atoms with E-state index in [0.29, 0.717) is 38.8 Å². The Balaban J connectivity index is 1.77. The smallest absolute Gasteiger partial charge is 0.338 e. The van der Waals surface area contributed by atoms with Crippen molar-refractivity contribution in [3.63, 3.8) is 0 Å². The second-order valence-electron chi connectivity index (χ2n) is 9.33. The van der Waals surface area contributed by atoms with E-state index < -0.39 is 29.4 Å². The quantitative estimate of drug-likeness (QED) is 0.365. The van der Waals surface area contributed by atoms with Crippen molar-refractivity contribution in [3.8, 4) is 11.5 Å². The van der Waals surface area contributed by atoms with E-state index in [1.54, 1.807) is 63.2 Å². The van der Waals surface area contributed by atoms with Gasteiger partial charge in [-0.1, -0.05) is 35.6 Å². The molecular weight excluding hydrogens is 562 g/mol. The van der Waals surface area contributed by atoms with Gasteiger partial charge < -0.3 is 18.9 Å². The molecule has 0 aliphatic carbocycles. The molecule has 0 radical (unpaired) electrons. The van der Waals surface area contributed by atoms with Crippen LogP contribution in [0.2, 0.25) is 0 Å². The van der Waals surface area contributed by atoms with Gasteiger partial charge in [0.2, 0.25) is 0 Å². The first-order chi connectivity index (χ1) is 20.2. The number of nitrogens with zero attached hydrogens (tertiary/aromatic N) is 3. The van der Waals surface area contributed by atoms with Crippen molar-refractivity contribution >= 4 is 40.4 Å². The lowest BCUT2D eigenvalue weighted by atomic mass is 9.95. The van der Waals surface area contributed by atoms with Gasteiger partial charge in [-0.05, 0) is 44.5 Å². The fourth-order valence-electron chi connectivity index (χ4n) is 5.17. The van der Waals surface area contributed by atoms with Crippen LogP contribution in [0.5, 0.6) is 11.5 Å². The van der Waals surface area contributed by atoms with E-state index in [9.17, 15) is 19.2 Å². The van der Waals surface area contributed by atoms with Crippen LogP contribution < -0.4 is 29.3 Å². The highest BCUT2D eigenvalue weighted by atomic mass is 32.1. The molecule has 1 atom stereocenters. The largest absolute Gasteiger partial charge is 0.493 e. The summed E-state index contributed by atoms with van der Waals surface area (Å²) < 4.78 is 22.9. The molecule has 12 heteroatoms. The van der Waals surface area contributed by atoms with Crippen LogP contribution in [0.1, 0.15) is 37.9 Å². The van der Waals surface area contributed by atoms with Crippen LogP contribution in [0.25, 0.3) is 5.57 Å². The Bertz CT molecular complexity index is 1820. The summed E-state index contributed by atoms with van der Waals surface area (Å²) in [6, 6.07) is 11.2. The van der Waals surface area contributed by atoms with Gasteiger partial charge in [0.15, 0.2) is 16.3 Å². The van der Waals surface area contributed by atoms with Crippen molar-refractivity contribution in [2.24, 2.45) is 4.99 Å². The molecule has 0 saturated heterocycles. The lowest BCUT2D eigenvalue weighted by molar-refractivity contribution is -0.142. The van der Waals surface area contributed by atoms with Gasteiger partial charge >= 0.3 is 11.9 Å². The van der Waals surface area contributed by atoms with Crippen LogP contribution >= 0.6 is 11.3 Å². The van der Waals surface area contributed by atoms with Crippen LogP contribution in [-0.2, 0) is 23.9 Å². The second kappa shape index (κ2) is 11.6. The molecule has 42 heavy (non-hydrogen) atoms. The third-order valence-electron chi connectivity index (χ3n) is 6.96. The van der Waals surface area contributed by atoms with E-state index in [0.717, 1.165) is 11.3 Å². The molecule has 2 aromatic carbocycles. The zero-order valence-electron chi connectivity index (χ0n) is 23.8. The summed E-state index contributed by atoms with van der Waals surface area (Å²) in [4.78, 5) is 59.9. The monoisotopic (exact) mass is 591 g/mol. The third kappa shape index (κ3) is 4.77. The summed E-state index contributed by atoms with van der Waals surface area (Å²) >= 11 is 1.05. The number of methoxy groups -OCH3 is 2. The Morgan fingerprint density at radius 1 is 0.976 bits per heavy atom. The van der Waals surface area contributed by atoms with Crippen LogP contribution in [0.3, 0.4) is 0 Å². The van der Waals surface area contributed by atoms with Gasteiger partial charge in [-0.15, -0.1) is 0 Å². The molecule has 218 valence electrons. The van der Waals surface area contributed by atoms with E-state index in [-0.39, 0.29) is 35.4 Å². The molecule has 11 nitrogen and oxygen atoms in total. The summed E-state index contributed by atoms with van der Waals surface area (Å²) in [5, 5.41) is 0. The molecule has 0 spiro atoms. The normalized spacial score (nSPS) is 16.9. The van der Waals surface area contributed by atoms with Crippen molar-refractivity contribution in [3.05, 3.63) is 84.5 Å². The van der Waals surface area contributed by atoms with Gasteiger partial charge in [-0.3, -0.25) is 23.9 Å². The molecule has 5 rings (SSSR count). The first-order valence-corrected chi connectivity index (χ1v) is 14.1. The number of allylic oxidation sites excluding steroid dienone is 1. The number of rotatable bonds is 8. The highest BCUT2D eigenvalue weighted by Gasteiger charge is 2.38. The van der Waals surface area contributed by atoms with Gasteiger partial charge in [0.1, 0.15) is 11.1 Å². The standard InChI is InChI=1S/C30H29N3O8S/c1-6-40-22(34)15-32-19-11-9-8-10-18(19)24(27(32)35)26-28(36)33-25(17-12-13-20(38-4)21(14-17)39-5)23(29(37)41-7-2)16(3)31-30(33)42-26/h8-14,25H,6-7,15H2,1-5H3/b26-24+/t25-/m1/s1. The van der Waals surface area contributed by atoms with Gasteiger partial charge in [0.05, 0.1) is 56.0 Å². The molecule has 1 amide bonds. The minimum absolute atomic E-state index is 0.129. The van der Waals surface area contributed by atoms with Crippen molar-refractivity contribution < 1.29 is 33.3 Å². The molecule has 3 aromatic rings. The molecule has 1 aromatic heterocycles. The number of para-hydroxylation sites is 1. The maximum absolute atomic E-state index is 14.3. The number of hydrogen-bond acceptors (Lipinski definition) is 10. The first kappa shape index (κ1) is 28.8. The second-order valence-corrected chi connectivity index (χ2v) is 10.3. The number of fused-ring (bicyclic) bond motifs is 2. The topological polar surface area (TPSA) is 126 Å². The summed E-state index contributed by atoms with van der Waals surface area (Å²) in [7, 11) is 3.01. The average Bonchev–Trinajstić information content (AvgIpc) is 3.44. The lowest BCUT2D eigenvalue weighted by Gasteiger charge is -2.25. The number of hydrogen-bond donors (Lipinski definition) is 0. The van der Waals surface area contributed by atoms with Crippen molar-refractivity contribution in [1.82, 2.24) is 4.57 Å². The van der Waals surface area contributed by atoms with Crippen LogP contribution in [0.4, 0.5) is 5.69 Å². The highest BCUT2D eigenvalue weighted by Crippen LogP contribution is 2.37. The van der Waals surface area contributed by atoms with Gasteiger partial charge in [0.25, 0.3) is 11.5 Å². The Labute approximate surface area is 244 Å². The highest BCUT2D eigenvalue weighted by molar-refractivity contribution is 7.07. The number of thiazole rings is 1. The zero-order valence-corrected chi connectivity index (χ0v) is 24.6. The van der Waals surface area contributed by atoms with Crippen LogP contribution in [0.15, 0.2) is 63.5 Å². The minimum Gasteiger partial charge on any atom is -0.493 e. The predicted molar refractivity (Wildman–Crippen MR) is 154 cm³/mol. The SMILES string of the molecule is CCOC(=O)CN1C(=O)/C(=c2/sc3n(c2=O)[C@H](c2ccc(OC)c(OC)c2)C(C(=O)OCC)=C(C)N=3)c2ccccc21. The number of esters is 2. The van der Waals surface area contributed by atoms with Gasteiger partial charge in [-0.25, -0.2) is 9.79 Å². The van der Waals surface area contributed by atoms with Crippen molar-refractivity contribution in [2.75, 3.05) is 38.9 Å². The fourth-order valence-corrected chi connectivity index (χ4v) is 6.31. The number of benzene rings is 2. The molecule has 0 N–H and O–H groups in total. The first-order valence-electron chi connectivity index (χ1n) is 13.3. The minimum atomic E-state index is -0.920. The fraction of sp³-hybridized carbons (Fsp3) is 0.300. The van der Waals surface area contributed by atoms with Crippen LogP contribution in [0, 0.1) is 0 Å². The third-order valence-corrected chi connectivity index (χ3v) is 8.01. The molecule has 3 heterocycles. The van der Waals surface area contributed by atoms with Gasteiger partial charge in [-0.2, -0.15) is 0 Å². The number of carbonyl (C=O) groups excluding carboxylic acids is 3. The predicted octanol–water partition coefficient (Wildman–Crippen LogP) is 2.10. The maximum Gasteiger partial charge on any atom is 0.338 e. The molecule has 0 unspecified atom stereocenters. The van der Waals surface area contributed by atoms with E-state index in [1.807, 2.05) is 0 Å². The number of ether oxygens (including phenoxy) is 4. The summed E-state index contributed by atoms with van der Waals surface area (Å²) in [6.07, 6.45) is 0. The molecule has 2 aliphatic heterocycles. The van der Waals surface area contributed by atoms with E-state index >= 15 is 0 Å². The Morgan fingerprint density at radius 3 is 2.38 bits per heavy atom. The number of aromatic nitrogens is 1. The van der Waals surface area contributed by atoms with E-state index in [1.165, 1.54) is 23.7 Å². The molecule has 0 bridgehead atoms. The molecular formula is C30H29N3O8S. The van der Waals surface area contributed by atoms with E-state index in [2.05, 4.69) is 4.99 Å². The summed E-state index contributed by atoms with van der Waals surface area (Å²) in [5.74, 6) is -0.791. The number of anilines is 1. The Kier molecular flexibility index (Phi) is 7.99. The maximum atomic E-state index is 14.3.